The number of phenols is 1. The fourth-order valence-corrected chi connectivity index (χ4v) is 2.14. The number of carbonyl (C=O) groups excluding carboxylic acids is 1. The first kappa shape index (κ1) is 11.5. The van der Waals surface area contributed by atoms with E-state index in [4.69, 9.17) is 0 Å². The number of allylic oxidation sites excluding steroid dienone is 1. The normalized spacial score (nSPS) is 10.9. The third-order valence-corrected chi connectivity index (χ3v) is 3.21. The maximum absolute atomic E-state index is 11.8. The van der Waals surface area contributed by atoms with Crippen molar-refractivity contribution in [1.29, 1.82) is 0 Å². The summed E-state index contributed by atoms with van der Waals surface area (Å²) in [6.07, 6.45) is 3.18. The van der Waals surface area contributed by atoms with Gasteiger partial charge < -0.3 is 5.11 Å². The van der Waals surface area contributed by atoms with Gasteiger partial charge in [0.25, 0.3) is 0 Å². The van der Waals surface area contributed by atoms with Crippen molar-refractivity contribution < 1.29 is 9.90 Å². The molecule has 2 rings (SSSR count). The van der Waals surface area contributed by atoms with E-state index >= 15 is 0 Å². The molecule has 0 fully saturated rings. The molecule has 0 spiro atoms. The average molecular weight is 245 g/mol. The standard InChI is InChI=1S/C13H11NO2S/c1-9-13(17-8-14-9)12(16)6-5-10-3-2-4-11(15)7-10/h2-8,15H,1H3/b6-5+. The molecule has 4 heteroatoms. The molecule has 0 saturated heterocycles. The molecular weight excluding hydrogens is 234 g/mol. The lowest BCUT2D eigenvalue weighted by Gasteiger charge is -1.95. The average Bonchev–Trinajstić information content (AvgIpc) is 2.72. The van der Waals surface area contributed by atoms with Crippen molar-refractivity contribution in [2.24, 2.45) is 0 Å². The number of thiazole rings is 1. The third-order valence-electron chi connectivity index (χ3n) is 2.27. The predicted octanol–water partition coefficient (Wildman–Crippen LogP) is 3.05. The molecular formula is C13H11NO2S. The summed E-state index contributed by atoms with van der Waals surface area (Å²) >= 11 is 1.33. The number of aromatic nitrogens is 1. The number of hydrogen-bond acceptors (Lipinski definition) is 4. The molecule has 0 saturated carbocycles. The van der Waals surface area contributed by atoms with Gasteiger partial charge in [-0.25, -0.2) is 4.98 Å². The highest BCUT2D eigenvalue weighted by Gasteiger charge is 2.07. The summed E-state index contributed by atoms with van der Waals surface area (Å²) < 4.78 is 0. The van der Waals surface area contributed by atoms with Crippen molar-refractivity contribution in [3.8, 4) is 5.75 Å². The second-order valence-electron chi connectivity index (χ2n) is 3.56. The molecule has 1 heterocycles. The van der Waals surface area contributed by atoms with Gasteiger partial charge in [-0.3, -0.25) is 4.79 Å². The molecule has 17 heavy (non-hydrogen) atoms. The highest BCUT2D eigenvalue weighted by Crippen LogP contribution is 2.16. The number of aryl methyl sites for hydroxylation is 1. The summed E-state index contributed by atoms with van der Waals surface area (Å²) in [7, 11) is 0. The molecule has 0 aliphatic heterocycles. The molecule has 3 nitrogen and oxygen atoms in total. The van der Waals surface area contributed by atoms with Gasteiger partial charge >= 0.3 is 0 Å². The summed E-state index contributed by atoms with van der Waals surface area (Å²) in [5.74, 6) is 0.127. The van der Waals surface area contributed by atoms with Crippen LogP contribution in [0.15, 0.2) is 35.9 Å². The van der Waals surface area contributed by atoms with Crippen LogP contribution in [-0.2, 0) is 0 Å². The number of carbonyl (C=O) groups is 1. The van der Waals surface area contributed by atoms with Gasteiger partial charge in [0.05, 0.1) is 16.1 Å². The quantitative estimate of drug-likeness (QED) is 0.668. The van der Waals surface area contributed by atoms with Gasteiger partial charge in [-0.2, -0.15) is 0 Å². The molecule has 0 aliphatic carbocycles. The monoisotopic (exact) mass is 245 g/mol. The van der Waals surface area contributed by atoms with Gasteiger partial charge in [0, 0.05) is 0 Å². The van der Waals surface area contributed by atoms with Crippen LogP contribution in [0, 0.1) is 6.92 Å². The van der Waals surface area contributed by atoms with Crippen molar-refractivity contribution in [3.63, 3.8) is 0 Å². The van der Waals surface area contributed by atoms with Crippen LogP contribution < -0.4 is 0 Å². The van der Waals surface area contributed by atoms with Crippen LogP contribution in [0.1, 0.15) is 20.9 Å². The largest absolute Gasteiger partial charge is 0.508 e. The zero-order valence-corrected chi connectivity index (χ0v) is 10.1. The zero-order valence-electron chi connectivity index (χ0n) is 9.25. The number of ketones is 1. The Bertz CT molecular complexity index is 572. The molecule has 2 aromatic rings. The molecule has 1 N–H and O–H groups in total. The van der Waals surface area contributed by atoms with Gasteiger partial charge in [0.15, 0.2) is 5.78 Å². The Morgan fingerprint density at radius 2 is 2.29 bits per heavy atom. The fourth-order valence-electron chi connectivity index (χ4n) is 1.41. The van der Waals surface area contributed by atoms with Crippen molar-refractivity contribution in [3.05, 3.63) is 52.0 Å². The number of phenolic OH excluding ortho intramolecular Hbond substituents is 1. The smallest absolute Gasteiger partial charge is 0.197 e. The van der Waals surface area contributed by atoms with Gasteiger partial charge in [-0.15, -0.1) is 11.3 Å². The van der Waals surface area contributed by atoms with E-state index in [1.54, 1.807) is 29.8 Å². The summed E-state index contributed by atoms with van der Waals surface area (Å²) in [4.78, 5) is 16.5. The number of rotatable bonds is 3. The first-order valence-corrected chi connectivity index (χ1v) is 5.96. The Balaban J connectivity index is 2.17. The Labute approximate surface area is 103 Å². The number of hydrogen-bond donors (Lipinski definition) is 1. The van der Waals surface area contributed by atoms with Crippen LogP contribution >= 0.6 is 11.3 Å². The van der Waals surface area contributed by atoms with E-state index in [0.29, 0.717) is 4.88 Å². The van der Waals surface area contributed by atoms with E-state index in [9.17, 15) is 9.90 Å². The molecule has 0 radical (unpaired) electrons. The van der Waals surface area contributed by atoms with Crippen molar-refractivity contribution in [1.82, 2.24) is 4.98 Å². The van der Waals surface area contributed by atoms with Crippen LogP contribution in [0.4, 0.5) is 0 Å². The molecule has 0 bridgehead atoms. The predicted molar refractivity (Wildman–Crippen MR) is 68.3 cm³/mol. The van der Waals surface area contributed by atoms with E-state index in [-0.39, 0.29) is 11.5 Å². The summed E-state index contributed by atoms with van der Waals surface area (Å²) in [6, 6.07) is 6.75. The first-order valence-electron chi connectivity index (χ1n) is 5.08. The lowest BCUT2D eigenvalue weighted by Crippen LogP contribution is -1.93. The van der Waals surface area contributed by atoms with Crippen molar-refractivity contribution >= 4 is 23.2 Å². The fraction of sp³-hybridized carbons (Fsp3) is 0.0769. The maximum atomic E-state index is 11.8. The number of benzene rings is 1. The number of aromatic hydroxyl groups is 1. The topological polar surface area (TPSA) is 50.2 Å². The highest BCUT2D eigenvalue weighted by atomic mass is 32.1. The SMILES string of the molecule is Cc1ncsc1C(=O)/C=C/c1cccc(O)c1. The highest BCUT2D eigenvalue weighted by molar-refractivity contribution is 7.12. The van der Waals surface area contributed by atoms with Crippen LogP contribution in [0.2, 0.25) is 0 Å². The van der Waals surface area contributed by atoms with E-state index in [1.165, 1.54) is 17.4 Å². The molecule has 1 aromatic heterocycles. The van der Waals surface area contributed by atoms with E-state index < -0.39 is 0 Å². The van der Waals surface area contributed by atoms with E-state index in [2.05, 4.69) is 4.98 Å². The van der Waals surface area contributed by atoms with Gasteiger partial charge in [-0.1, -0.05) is 18.2 Å². The minimum Gasteiger partial charge on any atom is -0.508 e. The minimum absolute atomic E-state index is 0.0617. The molecule has 0 unspecified atom stereocenters. The third kappa shape index (κ3) is 2.79. The van der Waals surface area contributed by atoms with E-state index in [0.717, 1.165) is 11.3 Å². The van der Waals surface area contributed by atoms with Crippen LogP contribution in [-0.4, -0.2) is 15.9 Å². The van der Waals surface area contributed by atoms with Gasteiger partial charge in [-0.05, 0) is 30.7 Å². The maximum Gasteiger partial charge on any atom is 0.197 e. The van der Waals surface area contributed by atoms with Crippen molar-refractivity contribution in [2.75, 3.05) is 0 Å². The Hall–Kier alpha value is -1.94. The lowest BCUT2D eigenvalue weighted by molar-refractivity contribution is 0.105. The Kier molecular flexibility index (Phi) is 3.35. The molecule has 0 aliphatic rings. The van der Waals surface area contributed by atoms with Gasteiger partial charge in [0.1, 0.15) is 5.75 Å². The Morgan fingerprint density at radius 3 is 2.94 bits per heavy atom. The molecule has 0 amide bonds. The second kappa shape index (κ2) is 4.93. The first-order chi connectivity index (χ1) is 8.16. The summed E-state index contributed by atoms with van der Waals surface area (Å²) in [5, 5.41) is 9.28. The van der Waals surface area contributed by atoms with Crippen LogP contribution in [0.3, 0.4) is 0 Å². The minimum atomic E-state index is -0.0617. The molecule has 1 aromatic carbocycles. The summed E-state index contributed by atoms with van der Waals surface area (Å²) in [5.41, 5.74) is 3.20. The van der Waals surface area contributed by atoms with Crippen LogP contribution in [0.25, 0.3) is 6.08 Å². The summed E-state index contributed by atoms with van der Waals surface area (Å²) in [6.45, 7) is 1.81. The van der Waals surface area contributed by atoms with Gasteiger partial charge in [0.2, 0.25) is 0 Å². The van der Waals surface area contributed by atoms with Crippen molar-refractivity contribution in [2.45, 2.75) is 6.92 Å². The Morgan fingerprint density at radius 1 is 1.47 bits per heavy atom. The van der Waals surface area contributed by atoms with Crippen LogP contribution in [0.5, 0.6) is 5.75 Å². The lowest BCUT2D eigenvalue weighted by atomic mass is 10.1. The zero-order chi connectivity index (χ0) is 12.3. The van der Waals surface area contributed by atoms with E-state index in [1.807, 2.05) is 13.0 Å². The molecule has 0 atom stereocenters. The molecule has 86 valence electrons. The number of nitrogens with zero attached hydrogens (tertiary/aromatic N) is 1. The second-order valence-corrected chi connectivity index (χ2v) is 4.41.